The summed E-state index contributed by atoms with van der Waals surface area (Å²) in [6.45, 7) is 5.04. The molecule has 0 N–H and O–H groups in total. The molecule has 0 aromatic heterocycles. The molecule has 0 saturated carbocycles. The van der Waals surface area contributed by atoms with Crippen molar-refractivity contribution >= 4 is 10.0 Å². The summed E-state index contributed by atoms with van der Waals surface area (Å²) in [7, 11) is -1.46. The van der Waals surface area contributed by atoms with Crippen molar-refractivity contribution in [3.8, 4) is 0 Å². The van der Waals surface area contributed by atoms with E-state index in [1.54, 1.807) is 14.0 Å². The lowest BCUT2D eigenvalue weighted by Gasteiger charge is -2.15. The molecule has 0 heterocycles. The monoisotopic (exact) mass is 195 g/mol. The first-order valence-electron chi connectivity index (χ1n) is 4.06. The van der Waals surface area contributed by atoms with E-state index >= 15 is 0 Å². The first-order chi connectivity index (χ1) is 5.54. The fraction of sp³-hybridized carbons (Fsp3) is 1.00. The molecule has 0 spiro atoms. The van der Waals surface area contributed by atoms with E-state index in [4.69, 9.17) is 4.74 Å². The zero-order valence-electron chi connectivity index (χ0n) is 7.91. The number of likely N-dealkylation sites (N-methyl/N-ethyl adjacent to an activating group) is 1. The summed E-state index contributed by atoms with van der Waals surface area (Å²) in [5, 5.41) is 0. The summed E-state index contributed by atoms with van der Waals surface area (Å²) < 4.78 is 28.7. The van der Waals surface area contributed by atoms with Crippen LogP contribution in [-0.4, -0.2) is 45.3 Å². The molecule has 0 aliphatic carbocycles. The summed E-state index contributed by atoms with van der Waals surface area (Å²) >= 11 is 0. The van der Waals surface area contributed by atoms with E-state index in [9.17, 15) is 8.42 Å². The Morgan fingerprint density at radius 3 is 2.33 bits per heavy atom. The Morgan fingerprint density at radius 1 is 1.33 bits per heavy atom. The van der Waals surface area contributed by atoms with Crippen LogP contribution in [0.5, 0.6) is 0 Å². The third kappa shape index (κ3) is 4.04. The number of ether oxygens (including phenoxy) is 1. The number of rotatable bonds is 6. The van der Waals surface area contributed by atoms with Crippen LogP contribution < -0.4 is 0 Å². The second kappa shape index (κ2) is 5.50. The lowest BCUT2D eigenvalue weighted by atomic mass is 10.7. The van der Waals surface area contributed by atoms with Gasteiger partial charge in [-0.05, 0) is 13.8 Å². The van der Waals surface area contributed by atoms with Gasteiger partial charge in [-0.2, -0.15) is 0 Å². The largest absolute Gasteiger partial charge is 0.380 e. The molecule has 74 valence electrons. The van der Waals surface area contributed by atoms with Gasteiger partial charge in [-0.15, -0.1) is 0 Å². The highest BCUT2D eigenvalue weighted by molar-refractivity contribution is 7.89. The van der Waals surface area contributed by atoms with Gasteiger partial charge in [0.05, 0.1) is 12.4 Å². The van der Waals surface area contributed by atoms with E-state index in [1.807, 2.05) is 6.92 Å². The molecule has 0 aromatic rings. The maximum absolute atomic E-state index is 11.2. The molecule has 0 aromatic carbocycles. The van der Waals surface area contributed by atoms with Crippen LogP contribution >= 0.6 is 0 Å². The van der Waals surface area contributed by atoms with Gasteiger partial charge in [0.1, 0.15) is 0 Å². The van der Waals surface area contributed by atoms with Crippen LogP contribution in [-0.2, 0) is 14.8 Å². The highest BCUT2D eigenvalue weighted by atomic mass is 32.2. The fourth-order valence-electron chi connectivity index (χ4n) is 0.697. The molecular weight excluding hydrogens is 178 g/mol. The molecule has 0 amide bonds. The van der Waals surface area contributed by atoms with Crippen LogP contribution in [0.15, 0.2) is 0 Å². The number of hydrogen-bond acceptors (Lipinski definition) is 3. The van der Waals surface area contributed by atoms with Gasteiger partial charge < -0.3 is 4.74 Å². The van der Waals surface area contributed by atoms with E-state index in [1.165, 1.54) is 4.31 Å². The minimum Gasteiger partial charge on any atom is -0.380 e. The summed E-state index contributed by atoms with van der Waals surface area (Å²) in [5.74, 6) is 0.148. The summed E-state index contributed by atoms with van der Waals surface area (Å²) in [6, 6.07) is 0. The van der Waals surface area contributed by atoms with E-state index in [0.29, 0.717) is 19.8 Å². The molecule has 0 unspecified atom stereocenters. The minimum atomic E-state index is -3.03. The Hall–Kier alpha value is -0.130. The van der Waals surface area contributed by atoms with E-state index in [-0.39, 0.29) is 5.75 Å². The quantitative estimate of drug-likeness (QED) is 0.573. The van der Waals surface area contributed by atoms with Crippen LogP contribution in [0, 0.1) is 0 Å². The highest BCUT2D eigenvalue weighted by Crippen LogP contribution is 1.96. The number of sulfonamides is 1. The zero-order chi connectivity index (χ0) is 9.61. The molecule has 5 heteroatoms. The van der Waals surface area contributed by atoms with Crippen molar-refractivity contribution in [1.82, 2.24) is 4.31 Å². The molecule has 12 heavy (non-hydrogen) atoms. The molecule has 4 nitrogen and oxygen atoms in total. The lowest BCUT2D eigenvalue weighted by molar-refractivity contribution is 0.138. The lowest BCUT2D eigenvalue weighted by Crippen LogP contribution is -2.31. The Balaban J connectivity index is 3.80. The van der Waals surface area contributed by atoms with E-state index in [2.05, 4.69) is 0 Å². The van der Waals surface area contributed by atoms with Gasteiger partial charge in [0, 0.05) is 20.2 Å². The van der Waals surface area contributed by atoms with Crippen molar-refractivity contribution in [2.75, 3.05) is 32.6 Å². The van der Waals surface area contributed by atoms with Crippen molar-refractivity contribution in [2.45, 2.75) is 13.8 Å². The topological polar surface area (TPSA) is 46.6 Å². The number of nitrogens with zero attached hydrogens (tertiary/aromatic N) is 1. The Bertz CT molecular complexity index is 201. The van der Waals surface area contributed by atoms with Crippen LogP contribution in [0.3, 0.4) is 0 Å². The molecule has 0 aliphatic rings. The first-order valence-corrected chi connectivity index (χ1v) is 5.67. The molecule has 0 saturated heterocycles. The normalized spacial score (nSPS) is 12.3. The molecular formula is C7H17NO3S. The second-order valence-corrected chi connectivity index (χ2v) is 4.78. The molecule has 0 rings (SSSR count). The van der Waals surface area contributed by atoms with E-state index < -0.39 is 10.0 Å². The van der Waals surface area contributed by atoms with Gasteiger partial charge in [-0.3, -0.25) is 0 Å². The van der Waals surface area contributed by atoms with Crippen LogP contribution in [0.2, 0.25) is 0 Å². The van der Waals surface area contributed by atoms with Crippen molar-refractivity contribution in [2.24, 2.45) is 0 Å². The van der Waals surface area contributed by atoms with Gasteiger partial charge in [0.2, 0.25) is 10.0 Å². The smallest absolute Gasteiger partial charge is 0.213 e. The van der Waals surface area contributed by atoms with Crippen molar-refractivity contribution in [3.05, 3.63) is 0 Å². The summed E-state index contributed by atoms with van der Waals surface area (Å²) in [4.78, 5) is 0. The maximum Gasteiger partial charge on any atom is 0.213 e. The fourth-order valence-corrected chi connectivity index (χ4v) is 1.49. The standard InChI is InChI=1S/C7H17NO3S/c1-4-11-7-6-8(3)12(9,10)5-2/h4-7H2,1-3H3. The van der Waals surface area contributed by atoms with Crippen LogP contribution in [0.1, 0.15) is 13.8 Å². The molecule has 0 radical (unpaired) electrons. The summed E-state index contributed by atoms with van der Waals surface area (Å²) in [5.41, 5.74) is 0. The Kier molecular flexibility index (Phi) is 5.44. The molecule has 0 aliphatic heterocycles. The Labute approximate surface area is 74.6 Å². The van der Waals surface area contributed by atoms with Gasteiger partial charge in [-0.25, -0.2) is 12.7 Å². The third-order valence-electron chi connectivity index (χ3n) is 1.59. The number of hydrogen-bond donors (Lipinski definition) is 0. The van der Waals surface area contributed by atoms with Crippen LogP contribution in [0.4, 0.5) is 0 Å². The first kappa shape index (κ1) is 11.9. The van der Waals surface area contributed by atoms with Crippen molar-refractivity contribution in [1.29, 1.82) is 0 Å². The van der Waals surface area contributed by atoms with Gasteiger partial charge >= 0.3 is 0 Å². The van der Waals surface area contributed by atoms with Gasteiger partial charge in [0.15, 0.2) is 0 Å². The van der Waals surface area contributed by atoms with Gasteiger partial charge in [0.25, 0.3) is 0 Å². The van der Waals surface area contributed by atoms with Crippen LogP contribution in [0.25, 0.3) is 0 Å². The average Bonchev–Trinajstić information content (AvgIpc) is 2.05. The third-order valence-corrected chi connectivity index (χ3v) is 3.46. The van der Waals surface area contributed by atoms with Crippen molar-refractivity contribution in [3.63, 3.8) is 0 Å². The maximum atomic E-state index is 11.2. The highest BCUT2D eigenvalue weighted by Gasteiger charge is 2.13. The summed E-state index contributed by atoms with van der Waals surface area (Å²) in [6.07, 6.45) is 0. The second-order valence-electron chi connectivity index (χ2n) is 2.42. The van der Waals surface area contributed by atoms with Crippen molar-refractivity contribution < 1.29 is 13.2 Å². The molecule has 0 bridgehead atoms. The average molecular weight is 195 g/mol. The molecule has 0 atom stereocenters. The minimum absolute atomic E-state index is 0.148. The van der Waals surface area contributed by atoms with Gasteiger partial charge in [-0.1, -0.05) is 0 Å². The Morgan fingerprint density at radius 2 is 1.92 bits per heavy atom. The molecule has 0 fully saturated rings. The zero-order valence-corrected chi connectivity index (χ0v) is 8.73. The SMILES string of the molecule is CCOCCN(C)S(=O)(=O)CC. The van der Waals surface area contributed by atoms with E-state index in [0.717, 1.165) is 0 Å². The predicted molar refractivity (Wildman–Crippen MR) is 48.6 cm³/mol. The predicted octanol–water partition coefficient (Wildman–Crippen LogP) is 0.304.